The molecule has 0 amide bonds. The first-order valence-electron chi connectivity index (χ1n) is 6.48. The molecular formula is C14H14ClF3N4O3. The summed E-state index contributed by atoms with van der Waals surface area (Å²) in [6, 6.07) is 2.77. The van der Waals surface area contributed by atoms with Crippen molar-refractivity contribution in [1.29, 1.82) is 0 Å². The lowest BCUT2D eigenvalue weighted by atomic mass is 10.2. The summed E-state index contributed by atoms with van der Waals surface area (Å²) < 4.78 is 46.1. The molecule has 0 aliphatic rings. The van der Waals surface area contributed by atoms with Gasteiger partial charge in [-0.1, -0.05) is 18.2 Å². The summed E-state index contributed by atoms with van der Waals surface area (Å²) in [5.74, 6) is -1.75. The first-order valence-corrected chi connectivity index (χ1v) is 6.86. The molecule has 25 heavy (non-hydrogen) atoms. The Morgan fingerprint density at radius 2 is 2.08 bits per heavy atom. The number of rotatable bonds is 6. The van der Waals surface area contributed by atoms with E-state index in [1.54, 1.807) is 0 Å². The van der Waals surface area contributed by atoms with Gasteiger partial charge in [0, 0.05) is 6.20 Å². The number of hydrogen-bond acceptors (Lipinski definition) is 7. The molecule has 0 fully saturated rings. The maximum Gasteiger partial charge on any atom is 0.422 e. The van der Waals surface area contributed by atoms with Crippen molar-refractivity contribution >= 4 is 29.0 Å². The lowest BCUT2D eigenvalue weighted by molar-refractivity contribution is -0.154. The number of esters is 1. The molecule has 11 heteroatoms. The van der Waals surface area contributed by atoms with Crippen LogP contribution in [0.4, 0.5) is 13.2 Å². The zero-order valence-corrected chi connectivity index (χ0v) is 13.7. The number of carbonyl (C=O) groups is 1. The van der Waals surface area contributed by atoms with Gasteiger partial charge in [0.2, 0.25) is 5.88 Å². The highest BCUT2D eigenvalue weighted by molar-refractivity contribution is 6.58. The van der Waals surface area contributed by atoms with Gasteiger partial charge in [0.15, 0.2) is 12.3 Å². The van der Waals surface area contributed by atoms with Gasteiger partial charge in [0.05, 0.1) is 18.4 Å². The van der Waals surface area contributed by atoms with Crippen LogP contribution in [0.15, 0.2) is 40.8 Å². The van der Waals surface area contributed by atoms with Crippen molar-refractivity contribution in [3.05, 3.63) is 41.3 Å². The summed E-state index contributed by atoms with van der Waals surface area (Å²) >= 11 is 5.81. The minimum absolute atomic E-state index is 0.00760. The van der Waals surface area contributed by atoms with Crippen molar-refractivity contribution < 1.29 is 27.4 Å². The lowest BCUT2D eigenvalue weighted by Gasteiger charge is -2.12. The monoisotopic (exact) mass is 378 g/mol. The molecular weight excluding hydrogens is 365 g/mol. The Balaban J connectivity index is 3.25. The second kappa shape index (κ2) is 8.38. The Kier molecular flexibility index (Phi) is 6.80. The van der Waals surface area contributed by atoms with Gasteiger partial charge >= 0.3 is 12.1 Å². The molecule has 1 heterocycles. The summed E-state index contributed by atoms with van der Waals surface area (Å²) in [4.78, 5) is 19.3. The molecule has 1 rings (SSSR count). The molecule has 4 N–H and O–H groups in total. The average Bonchev–Trinajstić information content (AvgIpc) is 2.55. The minimum Gasteiger partial charge on any atom is -0.468 e. The maximum atomic E-state index is 12.3. The highest BCUT2D eigenvalue weighted by Crippen LogP contribution is 2.26. The minimum atomic E-state index is -4.56. The Morgan fingerprint density at radius 3 is 2.60 bits per heavy atom. The quantitative estimate of drug-likeness (QED) is 0.577. The largest absolute Gasteiger partial charge is 0.468 e. The molecule has 1 aromatic heterocycles. The van der Waals surface area contributed by atoms with Gasteiger partial charge in [-0.2, -0.15) is 13.2 Å². The van der Waals surface area contributed by atoms with Gasteiger partial charge in [-0.25, -0.2) is 14.8 Å². The SMILES string of the molecule is C=C(/N=C(/C(=O)OC)C(Cl)=C(N)N)c1cccnc1OCC(F)(F)F. The zero-order valence-electron chi connectivity index (χ0n) is 12.9. The molecule has 7 nitrogen and oxygen atoms in total. The fourth-order valence-electron chi connectivity index (χ4n) is 1.49. The molecule has 0 saturated heterocycles. The molecule has 0 atom stereocenters. The fraction of sp³-hybridized carbons (Fsp3) is 0.214. The normalized spacial score (nSPS) is 11.6. The van der Waals surface area contributed by atoms with Crippen molar-refractivity contribution in [3.63, 3.8) is 0 Å². The number of hydrogen-bond donors (Lipinski definition) is 2. The summed E-state index contributed by atoms with van der Waals surface area (Å²) in [6.45, 7) is 2.01. The number of alkyl halides is 3. The summed E-state index contributed by atoms with van der Waals surface area (Å²) in [6.07, 6.45) is -3.34. The Hall–Kier alpha value is -2.75. The highest BCUT2D eigenvalue weighted by atomic mass is 35.5. The maximum absolute atomic E-state index is 12.3. The lowest BCUT2D eigenvalue weighted by Crippen LogP contribution is -2.22. The Labute approximate surface area is 145 Å². The van der Waals surface area contributed by atoms with Crippen LogP contribution >= 0.6 is 11.6 Å². The van der Waals surface area contributed by atoms with Crippen LogP contribution in [0.3, 0.4) is 0 Å². The van der Waals surface area contributed by atoms with Crippen LogP contribution in [-0.4, -0.2) is 36.6 Å². The van der Waals surface area contributed by atoms with Crippen LogP contribution < -0.4 is 16.2 Å². The van der Waals surface area contributed by atoms with Gasteiger partial charge in [0.1, 0.15) is 10.9 Å². The molecule has 1 aromatic rings. The van der Waals surface area contributed by atoms with Crippen LogP contribution in [0.2, 0.25) is 0 Å². The van der Waals surface area contributed by atoms with E-state index in [0.29, 0.717) is 0 Å². The second-order valence-corrected chi connectivity index (χ2v) is 4.81. The van der Waals surface area contributed by atoms with Gasteiger partial charge in [0.25, 0.3) is 0 Å². The van der Waals surface area contributed by atoms with E-state index in [-0.39, 0.29) is 17.1 Å². The number of ether oxygens (including phenoxy) is 2. The van der Waals surface area contributed by atoms with Gasteiger partial charge in [-0.3, -0.25) is 0 Å². The number of methoxy groups -OCH3 is 1. The molecule has 0 aromatic carbocycles. The predicted octanol–water partition coefficient (Wildman–Crippen LogP) is 1.93. The zero-order chi connectivity index (χ0) is 19.2. The second-order valence-electron chi connectivity index (χ2n) is 4.43. The molecule has 0 radical (unpaired) electrons. The number of nitrogens with two attached hydrogens (primary N) is 2. The Bertz CT molecular complexity index is 728. The van der Waals surface area contributed by atoms with E-state index in [1.165, 1.54) is 18.3 Å². The molecule has 0 spiro atoms. The summed E-state index contributed by atoms with van der Waals surface area (Å²) in [7, 11) is 1.07. The van der Waals surface area contributed by atoms with Crippen LogP contribution in [0.1, 0.15) is 5.56 Å². The topological polar surface area (TPSA) is 113 Å². The van der Waals surface area contributed by atoms with Crippen molar-refractivity contribution in [2.75, 3.05) is 13.7 Å². The number of halogens is 4. The highest BCUT2D eigenvalue weighted by Gasteiger charge is 2.29. The molecule has 0 aliphatic heterocycles. The molecule has 0 saturated carbocycles. The number of aliphatic imine (C=N–C) groups is 1. The molecule has 0 bridgehead atoms. The standard InChI is InChI=1S/C14H14ClF3N4O3/c1-7(22-10(13(23)24-2)9(15)11(19)20)8-4-3-5-21-12(8)25-6-14(16,17)18/h3-5H,1,6,19-20H2,2H3/b22-10+. The van der Waals surface area contributed by atoms with E-state index in [2.05, 4.69) is 26.0 Å². The average molecular weight is 379 g/mol. The first kappa shape index (κ1) is 20.3. The number of aromatic nitrogens is 1. The van der Waals surface area contributed by atoms with E-state index in [0.717, 1.165) is 7.11 Å². The van der Waals surface area contributed by atoms with Crippen LogP contribution in [0, 0.1) is 0 Å². The van der Waals surface area contributed by atoms with Crippen molar-refractivity contribution in [2.45, 2.75) is 6.18 Å². The summed E-state index contributed by atoms with van der Waals surface area (Å²) in [5, 5.41) is -0.394. The van der Waals surface area contributed by atoms with Crippen molar-refractivity contribution in [3.8, 4) is 5.88 Å². The predicted molar refractivity (Wildman–Crippen MR) is 85.5 cm³/mol. The van der Waals surface area contributed by atoms with Gasteiger partial charge in [-0.05, 0) is 12.1 Å². The first-order chi connectivity index (χ1) is 11.6. The number of pyridine rings is 1. The Morgan fingerprint density at radius 1 is 1.44 bits per heavy atom. The van der Waals surface area contributed by atoms with E-state index in [4.69, 9.17) is 23.1 Å². The third kappa shape index (κ3) is 5.99. The van der Waals surface area contributed by atoms with Gasteiger partial charge < -0.3 is 20.9 Å². The van der Waals surface area contributed by atoms with Crippen LogP contribution in [0.5, 0.6) is 5.88 Å². The smallest absolute Gasteiger partial charge is 0.422 e. The third-order valence-corrected chi connectivity index (χ3v) is 2.94. The molecule has 136 valence electrons. The van der Waals surface area contributed by atoms with E-state index in [9.17, 15) is 18.0 Å². The van der Waals surface area contributed by atoms with E-state index >= 15 is 0 Å². The van der Waals surface area contributed by atoms with Crippen molar-refractivity contribution in [1.82, 2.24) is 4.98 Å². The molecule has 0 unspecified atom stereocenters. The number of carbonyl (C=O) groups excluding carboxylic acids is 1. The van der Waals surface area contributed by atoms with Crippen molar-refractivity contribution in [2.24, 2.45) is 16.5 Å². The summed E-state index contributed by atoms with van der Waals surface area (Å²) in [5.41, 5.74) is 10.0. The van der Waals surface area contributed by atoms with Crippen LogP contribution in [-0.2, 0) is 9.53 Å². The fourth-order valence-corrected chi connectivity index (χ4v) is 1.61. The van der Waals surface area contributed by atoms with Gasteiger partial charge in [-0.15, -0.1) is 0 Å². The third-order valence-electron chi connectivity index (χ3n) is 2.54. The molecule has 0 aliphatic carbocycles. The van der Waals surface area contributed by atoms with E-state index < -0.39 is 35.3 Å². The van der Waals surface area contributed by atoms with E-state index in [1.807, 2.05) is 0 Å². The number of nitrogens with zero attached hydrogens (tertiary/aromatic N) is 2. The van der Waals surface area contributed by atoms with Crippen LogP contribution in [0.25, 0.3) is 5.70 Å².